The average molecular weight is 916 g/mol. The Labute approximate surface area is 317 Å². The molecule has 0 aliphatic heterocycles. The van der Waals surface area contributed by atoms with Crippen LogP contribution in [0.5, 0.6) is 0 Å². The fourth-order valence-corrected chi connectivity index (χ4v) is 11.3. The van der Waals surface area contributed by atoms with Crippen LogP contribution in [0.3, 0.4) is 0 Å². The van der Waals surface area contributed by atoms with Crippen LogP contribution in [-0.2, 0) is 26.5 Å². The first kappa shape index (κ1) is 37.8. The van der Waals surface area contributed by atoms with Crippen molar-refractivity contribution >= 4 is 49.2 Å². The third-order valence-electron chi connectivity index (χ3n) is 8.80. The van der Waals surface area contributed by atoms with Gasteiger partial charge in [0.15, 0.2) is 0 Å². The number of benzene rings is 4. The van der Waals surface area contributed by atoms with Crippen LogP contribution in [0, 0.1) is 44.6 Å². The van der Waals surface area contributed by atoms with E-state index in [-0.39, 0.29) is 25.9 Å². The van der Waals surface area contributed by atoms with Crippen LogP contribution in [0.2, 0.25) is 17.3 Å². The van der Waals surface area contributed by atoms with Gasteiger partial charge in [0, 0.05) is 31.0 Å². The van der Waals surface area contributed by atoms with Crippen molar-refractivity contribution in [1.29, 1.82) is 0 Å². The summed E-state index contributed by atoms with van der Waals surface area (Å²) in [5.41, 5.74) is 11.6. The van der Waals surface area contributed by atoms with Crippen LogP contribution in [0.4, 0.5) is 4.39 Å². The second-order valence-corrected chi connectivity index (χ2v) is 26.0. The number of hydrogen-bond acceptors (Lipinski definition) is 3. The molecular weight excluding hydrogens is 872 g/mol. The minimum atomic E-state index is -1.93. The number of rotatable bonds is 6. The summed E-state index contributed by atoms with van der Waals surface area (Å²) in [6, 6.07) is 34.8. The Morgan fingerprint density at radius 2 is 1.56 bits per heavy atom. The van der Waals surface area contributed by atoms with E-state index < -0.39 is 13.3 Å². The Hall–Kier alpha value is -3.48. The Morgan fingerprint density at radius 3 is 2.24 bits per heavy atom. The monoisotopic (exact) mass is 917 g/mol. The first-order chi connectivity index (χ1) is 23.4. The molecule has 0 aliphatic carbocycles. The molecule has 6 heteroatoms. The number of pyridine rings is 2. The largest absolute Gasteiger partial charge is 0.305 e. The van der Waals surface area contributed by atoms with Gasteiger partial charge < -0.3 is 4.98 Å². The van der Waals surface area contributed by atoms with Crippen molar-refractivity contribution in [2.75, 3.05) is 0 Å². The summed E-state index contributed by atoms with van der Waals surface area (Å²) in [5, 5.41) is 2.59. The van der Waals surface area contributed by atoms with Gasteiger partial charge in [-0.15, -0.1) is 23.8 Å². The van der Waals surface area contributed by atoms with Crippen molar-refractivity contribution in [1.82, 2.24) is 9.97 Å². The average Bonchev–Trinajstić information content (AvgIpc) is 3.43. The molecule has 4 aromatic carbocycles. The van der Waals surface area contributed by atoms with Crippen molar-refractivity contribution in [3.63, 3.8) is 0 Å². The van der Waals surface area contributed by atoms with Gasteiger partial charge in [-0.1, -0.05) is 47.3 Å². The van der Waals surface area contributed by atoms with Crippen molar-refractivity contribution in [3.05, 3.63) is 138 Å². The molecule has 3 aromatic heterocycles. The molecule has 0 fully saturated rings. The van der Waals surface area contributed by atoms with Gasteiger partial charge in [0.25, 0.3) is 0 Å². The van der Waals surface area contributed by atoms with Gasteiger partial charge in [0.1, 0.15) is 0 Å². The van der Waals surface area contributed by atoms with Crippen molar-refractivity contribution in [2.45, 2.75) is 58.3 Å². The summed E-state index contributed by atoms with van der Waals surface area (Å²) in [4.78, 5) is 9.31. The quantitative estimate of drug-likeness (QED) is 0.123. The van der Waals surface area contributed by atoms with Gasteiger partial charge in [-0.3, -0.25) is 0 Å². The van der Waals surface area contributed by atoms with Crippen molar-refractivity contribution in [3.8, 4) is 33.6 Å². The topological polar surface area (TPSA) is 25.8 Å². The van der Waals surface area contributed by atoms with E-state index in [9.17, 15) is 4.39 Å². The minimum absolute atomic E-state index is 0. The fourth-order valence-electron chi connectivity index (χ4n) is 6.73. The first-order valence-corrected chi connectivity index (χ1v) is 25.1. The zero-order valence-electron chi connectivity index (χ0n) is 30.0. The second-order valence-electron chi connectivity index (χ2n) is 14.4. The molecule has 0 unspecified atom stereocenters. The number of aromatic nitrogens is 2. The smallest absolute Gasteiger partial charge is 0.0239 e. The standard InChI is InChI=1S/C26H20NS.C18H23FGeN.Ir/c1-16-13-17(2)25(18(3)14-16)19-11-12-27-23(15-19)22-9-6-8-21-20-7-4-5-10-24(20)28-26(21)22;1-13(2)10-15-11-18(14-6-8-16(19)9-7-14)21-12-17(15)20(3,4)5;/h4-8,10-15H,1-3H3;6,8-9,11-13H,10H2,1-5H3;/q2*-1;. The van der Waals surface area contributed by atoms with E-state index in [0.717, 1.165) is 28.9 Å². The summed E-state index contributed by atoms with van der Waals surface area (Å²) in [5.74, 6) is 7.53. The maximum absolute atomic E-state index is 13.0. The molecule has 0 bridgehead atoms. The molecule has 0 atom stereocenters. The molecule has 0 N–H and O–H groups in total. The molecule has 257 valence electrons. The summed E-state index contributed by atoms with van der Waals surface area (Å²) < 4.78 is 17.1. The molecule has 0 saturated heterocycles. The molecule has 0 amide bonds. The summed E-state index contributed by atoms with van der Waals surface area (Å²) in [7, 11) is 0. The zero-order chi connectivity index (χ0) is 34.9. The number of thiophene rings is 1. The molecule has 0 aliphatic rings. The van der Waals surface area contributed by atoms with Crippen LogP contribution < -0.4 is 4.40 Å². The van der Waals surface area contributed by atoms with Gasteiger partial charge in [0.2, 0.25) is 0 Å². The van der Waals surface area contributed by atoms with Gasteiger partial charge >= 0.3 is 130 Å². The molecule has 7 aromatic rings. The van der Waals surface area contributed by atoms with Crippen LogP contribution in [0.1, 0.15) is 36.1 Å². The van der Waals surface area contributed by atoms with Gasteiger partial charge in [0.05, 0.1) is 0 Å². The van der Waals surface area contributed by atoms with E-state index in [1.54, 1.807) is 6.07 Å². The molecule has 1 radical (unpaired) electrons. The third kappa shape index (κ3) is 8.35. The van der Waals surface area contributed by atoms with Crippen LogP contribution >= 0.6 is 11.3 Å². The molecule has 0 saturated carbocycles. The Kier molecular flexibility index (Phi) is 12.0. The van der Waals surface area contributed by atoms with E-state index >= 15 is 0 Å². The number of aryl methyl sites for hydroxylation is 3. The van der Waals surface area contributed by atoms with Gasteiger partial charge in [-0.2, -0.15) is 11.3 Å². The van der Waals surface area contributed by atoms with Gasteiger partial charge in [-0.05, 0) is 70.9 Å². The van der Waals surface area contributed by atoms with E-state index in [2.05, 4.69) is 130 Å². The van der Waals surface area contributed by atoms with Gasteiger partial charge in [-0.25, -0.2) is 0 Å². The Balaban J connectivity index is 0.000000199. The van der Waals surface area contributed by atoms with Crippen molar-refractivity contribution in [2.24, 2.45) is 5.92 Å². The minimum Gasteiger partial charge on any atom is -0.305 e. The Bertz CT molecular complexity index is 2250. The van der Waals surface area contributed by atoms with E-state index in [1.807, 2.05) is 29.8 Å². The molecule has 2 nitrogen and oxygen atoms in total. The number of hydrogen-bond donors (Lipinski definition) is 0. The molecular formula is C44H43FGeIrN2S-2. The maximum Gasteiger partial charge on any atom is 0.0239 e. The van der Waals surface area contributed by atoms with E-state index in [4.69, 9.17) is 4.98 Å². The normalized spacial score (nSPS) is 11.4. The molecule has 7 rings (SSSR count). The number of fused-ring (bicyclic) bond motifs is 3. The SMILES string of the molecule is CC(C)Cc1cc(-c2[c-]cc(F)cc2)nc[c]1[Ge]([CH3])([CH3])[CH3].Cc1cc(C)c(-c2ccnc(-c3[c-]ccc4c3sc3ccccc34)c2)c(C)c1.[Ir]. The third-order valence-corrected chi connectivity index (χ3v) is 14.3. The summed E-state index contributed by atoms with van der Waals surface area (Å²) >= 11 is -0.107. The van der Waals surface area contributed by atoms with E-state index in [0.29, 0.717) is 5.92 Å². The second kappa shape index (κ2) is 15.8. The molecule has 3 heterocycles. The van der Waals surface area contributed by atoms with E-state index in [1.165, 1.54) is 70.1 Å². The van der Waals surface area contributed by atoms with Crippen molar-refractivity contribution < 1.29 is 24.5 Å². The maximum atomic E-state index is 13.0. The number of halogens is 1. The summed E-state index contributed by atoms with van der Waals surface area (Å²) in [6.07, 6.45) is 5.03. The predicted molar refractivity (Wildman–Crippen MR) is 211 cm³/mol. The first-order valence-electron chi connectivity index (χ1n) is 16.9. The zero-order valence-corrected chi connectivity index (χ0v) is 35.3. The van der Waals surface area contributed by atoms with Crippen LogP contribution in [0.25, 0.3) is 53.8 Å². The van der Waals surface area contributed by atoms with Crippen LogP contribution in [0.15, 0.2) is 97.3 Å². The van der Waals surface area contributed by atoms with Crippen LogP contribution in [-0.4, -0.2) is 23.2 Å². The molecule has 50 heavy (non-hydrogen) atoms. The summed E-state index contributed by atoms with van der Waals surface area (Å²) in [6.45, 7) is 11.0. The Morgan fingerprint density at radius 1 is 0.820 bits per heavy atom. The fraction of sp³-hybridized carbons (Fsp3) is 0.227. The predicted octanol–water partition coefficient (Wildman–Crippen LogP) is 11.9. The molecule has 0 spiro atoms. The number of nitrogens with zero attached hydrogens (tertiary/aromatic N) is 2.